The highest BCUT2D eigenvalue weighted by Gasteiger charge is 2.28. The lowest BCUT2D eigenvalue weighted by molar-refractivity contribution is -0.0418. The molecule has 0 aliphatic heterocycles. The largest absolute Gasteiger partial charge is 0.383 e. The monoisotopic (exact) mass is 262 g/mol. The minimum absolute atomic E-state index is 0.321. The minimum atomic E-state index is -0.905. The van der Waals surface area contributed by atoms with E-state index in [2.05, 4.69) is 16.8 Å². The third kappa shape index (κ3) is 3.19. The molecule has 0 radical (unpaired) electrons. The fraction of sp³-hybridized carbons (Fsp3) is 0.333. The highest BCUT2D eigenvalue weighted by atomic mass is 32.1. The molecular formula is C15H18O2S. The normalized spacial score (nSPS) is 14.3. The summed E-state index contributed by atoms with van der Waals surface area (Å²) in [7, 11) is 1.62. The van der Waals surface area contributed by atoms with Crippen molar-refractivity contribution in [2.24, 2.45) is 0 Å². The van der Waals surface area contributed by atoms with E-state index in [9.17, 15) is 5.11 Å². The first-order chi connectivity index (χ1) is 8.74. The Morgan fingerprint density at radius 1 is 1.22 bits per heavy atom. The van der Waals surface area contributed by atoms with E-state index in [1.165, 1.54) is 5.56 Å². The second-order valence-electron chi connectivity index (χ2n) is 4.46. The van der Waals surface area contributed by atoms with Crippen molar-refractivity contribution < 1.29 is 9.84 Å². The van der Waals surface area contributed by atoms with E-state index in [-0.39, 0.29) is 0 Å². The number of aryl methyl sites for hydroxylation is 1. The van der Waals surface area contributed by atoms with Crippen LogP contribution in [0.2, 0.25) is 0 Å². The first-order valence-electron chi connectivity index (χ1n) is 6.02. The maximum atomic E-state index is 10.8. The highest BCUT2D eigenvalue weighted by Crippen LogP contribution is 2.27. The zero-order valence-corrected chi connectivity index (χ0v) is 11.3. The maximum Gasteiger partial charge on any atom is 0.113 e. The SMILES string of the molecule is COCC(O)(CCc1ccsc1)c1ccccc1. The number of hydrogen-bond acceptors (Lipinski definition) is 3. The first-order valence-corrected chi connectivity index (χ1v) is 6.97. The van der Waals surface area contributed by atoms with Crippen molar-refractivity contribution in [2.75, 3.05) is 13.7 Å². The first kappa shape index (κ1) is 13.3. The van der Waals surface area contributed by atoms with Gasteiger partial charge in [0.15, 0.2) is 0 Å². The van der Waals surface area contributed by atoms with Gasteiger partial charge in [-0.2, -0.15) is 11.3 Å². The van der Waals surface area contributed by atoms with Crippen molar-refractivity contribution in [1.29, 1.82) is 0 Å². The topological polar surface area (TPSA) is 29.5 Å². The summed E-state index contributed by atoms with van der Waals surface area (Å²) >= 11 is 1.69. The Hall–Kier alpha value is -1.16. The lowest BCUT2D eigenvalue weighted by Gasteiger charge is -2.28. The molecular weight excluding hydrogens is 244 g/mol. The molecule has 18 heavy (non-hydrogen) atoms. The van der Waals surface area contributed by atoms with Gasteiger partial charge in [0.25, 0.3) is 0 Å². The van der Waals surface area contributed by atoms with Crippen LogP contribution in [-0.2, 0) is 16.8 Å². The van der Waals surface area contributed by atoms with Gasteiger partial charge in [-0.3, -0.25) is 0 Å². The third-order valence-corrected chi connectivity index (χ3v) is 3.83. The number of aliphatic hydroxyl groups is 1. The molecule has 1 aromatic heterocycles. The molecule has 0 aliphatic carbocycles. The van der Waals surface area contributed by atoms with Crippen molar-refractivity contribution in [3.8, 4) is 0 Å². The summed E-state index contributed by atoms with van der Waals surface area (Å²) in [5.74, 6) is 0. The molecule has 1 aromatic carbocycles. The molecule has 1 heterocycles. The van der Waals surface area contributed by atoms with Crippen LogP contribution in [0.15, 0.2) is 47.2 Å². The van der Waals surface area contributed by atoms with E-state index in [0.717, 1.165) is 12.0 Å². The fourth-order valence-corrected chi connectivity index (χ4v) is 2.78. The van der Waals surface area contributed by atoms with E-state index in [4.69, 9.17) is 4.74 Å². The molecule has 0 saturated carbocycles. The van der Waals surface area contributed by atoms with Gasteiger partial charge in [-0.05, 0) is 40.8 Å². The second kappa shape index (κ2) is 6.14. The molecule has 3 heteroatoms. The van der Waals surface area contributed by atoms with Gasteiger partial charge in [0.2, 0.25) is 0 Å². The van der Waals surface area contributed by atoms with Gasteiger partial charge in [0.1, 0.15) is 5.60 Å². The Morgan fingerprint density at radius 3 is 2.61 bits per heavy atom. The van der Waals surface area contributed by atoms with Gasteiger partial charge in [-0.15, -0.1) is 0 Å². The van der Waals surface area contributed by atoms with Crippen LogP contribution in [0.1, 0.15) is 17.5 Å². The summed E-state index contributed by atoms with van der Waals surface area (Å²) in [4.78, 5) is 0. The van der Waals surface area contributed by atoms with E-state index in [1.807, 2.05) is 30.3 Å². The van der Waals surface area contributed by atoms with Crippen LogP contribution in [-0.4, -0.2) is 18.8 Å². The van der Waals surface area contributed by atoms with Gasteiger partial charge < -0.3 is 9.84 Å². The van der Waals surface area contributed by atoms with Crippen LogP contribution in [0.4, 0.5) is 0 Å². The molecule has 0 aliphatic rings. The van der Waals surface area contributed by atoms with E-state index in [1.54, 1.807) is 18.4 Å². The Kier molecular flexibility index (Phi) is 4.53. The summed E-state index contributed by atoms with van der Waals surface area (Å²) in [6.45, 7) is 0.321. The number of hydrogen-bond donors (Lipinski definition) is 1. The van der Waals surface area contributed by atoms with Crippen LogP contribution in [0, 0.1) is 0 Å². The number of thiophene rings is 1. The lowest BCUT2D eigenvalue weighted by atomic mass is 9.89. The Morgan fingerprint density at radius 2 is 2.00 bits per heavy atom. The molecule has 0 spiro atoms. The summed E-state index contributed by atoms with van der Waals surface area (Å²) in [6, 6.07) is 11.8. The Bertz CT molecular complexity index is 453. The van der Waals surface area contributed by atoms with Crippen LogP contribution in [0.25, 0.3) is 0 Å². The Balaban J connectivity index is 2.11. The van der Waals surface area contributed by atoms with Crippen LogP contribution in [0.5, 0.6) is 0 Å². The number of benzene rings is 1. The standard InChI is InChI=1S/C15H18O2S/c1-17-12-15(16,14-5-3-2-4-6-14)9-7-13-8-10-18-11-13/h2-6,8,10-11,16H,7,9,12H2,1H3. The molecule has 2 rings (SSSR count). The molecule has 1 N–H and O–H groups in total. The van der Waals surface area contributed by atoms with Gasteiger partial charge in [0, 0.05) is 7.11 Å². The summed E-state index contributed by atoms with van der Waals surface area (Å²) in [6.07, 6.45) is 1.53. The number of methoxy groups -OCH3 is 1. The number of ether oxygens (including phenoxy) is 1. The van der Waals surface area contributed by atoms with Crippen LogP contribution in [0.3, 0.4) is 0 Å². The van der Waals surface area contributed by atoms with Crippen molar-refractivity contribution >= 4 is 11.3 Å². The van der Waals surface area contributed by atoms with Gasteiger partial charge >= 0.3 is 0 Å². The quantitative estimate of drug-likeness (QED) is 0.866. The predicted molar refractivity (Wildman–Crippen MR) is 74.9 cm³/mol. The average Bonchev–Trinajstić information content (AvgIpc) is 2.91. The van der Waals surface area contributed by atoms with Gasteiger partial charge in [-0.25, -0.2) is 0 Å². The van der Waals surface area contributed by atoms with Crippen LogP contribution >= 0.6 is 11.3 Å². The average molecular weight is 262 g/mol. The zero-order chi connectivity index (χ0) is 12.8. The number of rotatable bonds is 6. The van der Waals surface area contributed by atoms with Crippen molar-refractivity contribution in [1.82, 2.24) is 0 Å². The molecule has 96 valence electrons. The summed E-state index contributed by atoms with van der Waals surface area (Å²) < 4.78 is 5.18. The highest BCUT2D eigenvalue weighted by molar-refractivity contribution is 7.07. The van der Waals surface area contributed by atoms with E-state index >= 15 is 0 Å². The van der Waals surface area contributed by atoms with Crippen LogP contribution < -0.4 is 0 Å². The van der Waals surface area contributed by atoms with Crippen molar-refractivity contribution in [3.05, 3.63) is 58.3 Å². The van der Waals surface area contributed by atoms with Gasteiger partial charge in [0.05, 0.1) is 6.61 Å². The lowest BCUT2D eigenvalue weighted by Crippen LogP contribution is -2.31. The van der Waals surface area contributed by atoms with Crippen molar-refractivity contribution in [2.45, 2.75) is 18.4 Å². The minimum Gasteiger partial charge on any atom is -0.383 e. The summed E-state index contributed by atoms with van der Waals surface area (Å²) in [5, 5.41) is 14.9. The molecule has 0 saturated heterocycles. The molecule has 0 amide bonds. The molecule has 2 aromatic rings. The second-order valence-corrected chi connectivity index (χ2v) is 5.24. The zero-order valence-electron chi connectivity index (χ0n) is 10.5. The smallest absolute Gasteiger partial charge is 0.113 e. The molecule has 0 bridgehead atoms. The molecule has 1 atom stereocenters. The predicted octanol–water partition coefficient (Wildman–Crippen LogP) is 3.21. The van der Waals surface area contributed by atoms with E-state index in [0.29, 0.717) is 13.0 Å². The molecule has 0 fully saturated rings. The van der Waals surface area contributed by atoms with Crippen molar-refractivity contribution in [3.63, 3.8) is 0 Å². The summed E-state index contributed by atoms with van der Waals surface area (Å²) in [5.41, 5.74) is 1.28. The van der Waals surface area contributed by atoms with Gasteiger partial charge in [-0.1, -0.05) is 30.3 Å². The fourth-order valence-electron chi connectivity index (χ4n) is 2.07. The molecule has 2 nitrogen and oxygen atoms in total. The Labute approximate surface area is 112 Å². The molecule has 1 unspecified atom stereocenters. The van der Waals surface area contributed by atoms with E-state index < -0.39 is 5.60 Å². The maximum absolute atomic E-state index is 10.8. The third-order valence-electron chi connectivity index (χ3n) is 3.10.